The van der Waals surface area contributed by atoms with Gasteiger partial charge in [-0.2, -0.15) is 8.42 Å². The second kappa shape index (κ2) is 6.19. The Labute approximate surface area is 147 Å². The zero-order valence-corrected chi connectivity index (χ0v) is 15.1. The minimum Gasteiger partial charge on any atom is -0.355 e. The maximum atomic E-state index is 10.9. The van der Waals surface area contributed by atoms with Gasteiger partial charge in [0.15, 0.2) is 0 Å². The van der Waals surface area contributed by atoms with Crippen LogP contribution in [-0.2, 0) is 10.2 Å². The smallest absolute Gasteiger partial charge is 0.274 e. The molecule has 1 aromatic heterocycles. The van der Waals surface area contributed by atoms with Crippen LogP contribution < -0.4 is 14.8 Å². The first-order valence-corrected chi connectivity index (χ1v) is 10.2. The molecule has 2 fully saturated rings. The molecule has 7 nitrogen and oxygen atoms in total. The summed E-state index contributed by atoms with van der Waals surface area (Å²) < 4.78 is 24.2. The summed E-state index contributed by atoms with van der Waals surface area (Å²) in [6.45, 7) is 4.30. The molecule has 2 aromatic rings. The molecule has 1 aliphatic heterocycles. The van der Waals surface area contributed by atoms with Crippen LogP contribution in [-0.4, -0.2) is 38.0 Å². The fraction of sp³-hybridized carbons (Fsp3) is 0.529. The van der Waals surface area contributed by atoms with Crippen LogP contribution in [0.5, 0.6) is 0 Å². The Morgan fingerprint density at radius 1 is 1.28 bits per heavy atom. The van der Waals surface area contributed by atoms with Crippen LogP contribution in [0.15, 0.2) is 18.5 Å². The van der Waals surface area contributed by atoms with E-state index in [1.54, 1.807) is 6.33 Å². The van der Waals surface area contributed by atoms with E-state index in [-0.39, 0.29) is 0 Å². The van der Waals surface area contributed by atoms with Gasteiger partial charge >= 0.3 is 0 Å². The molecule has 0 radical (unpaired) electrons. The van der Waals surface area contributed by atoms with Crippen molar-refractivity contribution in [2.24, 2.45) is 11.1 Å². The lowest BCUT2D eigenvalue weighted by atomic mass is 9.95. The highest BCUT2D eigenvalue weighted by molar-refractivity contribution is 7.87. The van der Waals surface area contributed by atoms with Gasteiger partial charge in [-0.25, -0.2) is 19.8 Å². The van der Waals surface area contributed by atoms with E-state index in [4.69, 9.17) is 5.14 Å². The molecule has 4 rings (SSSR count). The molecule has 8 heteroatoms. The molecule has 3 N–H and O–H groups in total. The third-order valence-electron chi connectivity index (χ3n) is 5.13. The summed E-state index contributed by atoms with van der Waals surface area (Å²) in [4.78, 5) is 11.2. The Bertz CT molecular complexity index is 905. The normalized spacial score (nSPS) is 18.6. The molecule has 1 saturated heterocycles. The van der Waals surface area contributed by atoms with Crippen LogP contribution >= 0.6 is 0 Å². The van der Waals surface area contributed by atoms with Crippen molar-refractivity contribution in [1.29, 1.82) is 0 Å². The maximum Gasteiger partial charge on any atom is 0.274 e. The molecular formula is C17H23N5O2S. The monoisotopic (exact) mass is 361 g/mol. The van der Waals surface area contributed by atoms with Gasteiger partial charge in [0.1, 0.15) is 12.1 Å². The van der Waals surface area contributed by atoms with Crippen LogP contribution in [0.1, 0.15) is 36.3 Å². The third-order valence-corrected chi connectivity index (χ3v) is 5.74. The lowest BCUT2D eigenvalue weighted by Gasteiger charge is -2.40. The molecular weight excluding hydrogens is 338 g/mol. The number of fused-ring (bicyclic) bond motifs is 1. The average Bonchev–Trinajstić information content (AvgIpc) is 3.32. The number of anilines is 1. The van der Waals surface area contributed by atoms with Crippen molar-refractivity contribution in [1.82, 2.24) is 14.7 Å². The highest BCUT2D eigenvalue weighted by atomic mass is 32.2. The first-order valence-electron chi connectivity index (χ1n) is 8.68. The van der Waals surface area contributed by atoms with Crippen LogP contribution in [0.3, 0.4) is 0 Å². The molecule has 0 atom stereocenters. The Hall–Kier alpha value is -1.77. The first-order chi connectivity index (χ1) is 11.9. The quantitative estimate of drug-likeness (QED) is 0.811. The molecule has 2 heterocycles. The van der Waals surface area contributed by atoms with Crippen molar-refractivity contribution in [2.45, 2.75) is 32.1 Å². The van der Waals surface area contributed by atoms with Gasteiger partial charge in [0.2, 0.25) is 0 Å². The average molecular weight is 361 g/mol. The van der Waals surface area contributed by atoms with Gasteiger partial charge in [-0.3, -0.25) is 0 Å². The fourth-order valence-electron chi connectivity index (χ4n) is 3.63. The van der Waals surface area contributed by atoms with Crippen LogP contribution in [0.4, 0.5) is 5.82 Å². The number of nitrogens with one attached hydrogen (secondary N) is 1. The second-order valence-electron chi connectivity index (χ2n) is 7.20. The van der Waals surface area contributed by atoms with Gasteiger partial charge in [-0.15, -0.1) is 0 Å². The van der Waals surface area contributed by atoms with Crippen molar-refractivity contribution in [3.63, 3.8) is 0 Å². The summed E-state index contributed by atoms with van der Waals surface area (Å²) in [5.41, 5.74) is 3.74. The number of aromatic nitrogens is 2. The number of nitrogens with two attached hydrogens (primary N) is 1. The largest absolute Gasteiger partial charge is 0.355 e. The molecule has 0 spiro atoms. The van der Waals surface area contributed by atoms with Crippen molar-refractivity contribution >= 4 is 26.9 Å². The van der Waals surface area contributed by atoms with Crippen LogP contribution in [0.2, 0.25) is 0 Å². The Kier molecular flexibility index (Phi) is 4.13. The summed E-state index contributed by atoms with van der Waals surface area (Å²) in [6.07, 6.45) is 4.96. The molecule has 134 valence electrons. The van der Waals surface area contributed by atoms with Crippen molar-refractivity contribution in [3.05, 3.63) is 29.6 Å². The summed E-state index contributed by atoms with van der Waals surface area (Å²) in [6, 6.07) is 4.44. The summed E-state index contributed by atoms with van der Waals surface area (Å²) in [5, 5.41) is 6.07. The van der Waals surface area contributed by atoms with Gasteiger partial charge in [-0.1, -0.05) is 0 Å². The highest BCUT2D eigenvalue weighted by Crippen LogP contribution is 2.43. The van der Waals surface area contributed by atoms with E-state index in [1.807, 2.05) is 0 Å². The number of hydrogen-bond donors (Lipinski definition) is 2. The zero-order chi connectivity index (χ0) is 17.6. The number of rotatable bonds is 6. The summed E-state index contributed by atoms with van der Waals surface area (Å²) in [7, 11) is -3.59. The fourth-order valence-corrected chi connectivity index (χ4v) is 4.03. The van der Waals surface area contributed by atoms with Gasteiger partial charge in [-0.05, 0) is 61.3 Å². The minimum absolute atomic E-state index is 0.382. The molecule has 1 saturated carbocycles. The number of benzene rings is 1. The van der Waals surface area contributed by atoms with E-state index in [0.717, 1.165) is 36.2 Å². The van der Waals surface area contributed by atoms with Crippen molar-refractivity contribution in [3.8, 4) is 0 Å². The Balaban J connectivity index is 1.48. The first kappa shape index (κ1) is 16.7. The van der Waals surface area contributed by atoms with E-state index in [1.165, 1.54) is 24.0 Å². The van der Waals surface area contributed by atoms with E-state index < -0.39 is 10.2 Å². The van der Waals surface area contributed by atoms with Crippen LogP contribution in [0.25, 0.3) is 10.9 Å². The third kappa shape index (κ3) is 3.61. The van der Waals surface area contributed by atoms with Crippen LogP contribution in [0, 0.1) is 12.8 Å². The van der Waals surface area contributed by atoms with Gasteiger partial charge in [0, 0.05) is 25.0 Å². The molecule has 1 aromatic carbocycles. The van der Waals surface area contributed by atoms with E-state index >= 15 is 0 Å². The molecule has 0 bridgehead atoms. The van der Waals surface area contributed by atoms with E-state index in [2.05, 4.69) is 38.6 Å². The van der Waals surface area contributed by atoms with Crippen molar-refractivity contribution < 1.29 is 8.42 Å². The van der Waals surface area contributed by atoms with E-state index in [9.17, 15) is 8.42 Å². The predicted octanol–water partition coefficient (Wildman–Crippen LogP) is 1.44. The Morgan fingerprint density at radius 2 is 2.04 bits per heavy atom. The zero-order valence-electron chi connectivity index (χ0n) is 14.3. The van der Waals surface area contributed by atoms with Gasteiger partial charge in [0.05, 0.1) is 5.52 Å². The topological polar surface area (TPSA) is 101 Å². The summed E-state index contributed by atoms with van der Waals surface area (Å²) in [5.74, 6) is 2.14. The lowest BCUT2D eigenvalue weighted by Crippen LogP contribution is -2.48. The lowest BCUT2D eigenvalue weighted by molar-refractivity contribution is 0.382. The SMILES string of the molecule is Cc1cc2ncnc(N3CC(CCNS(N)(=O)=O)C3)c2cc1C1CC1. The predicted molar refractivity (Wildman–Crippen MR) is 97.7 cm³/mol. The van der Waals surface area contributed by atoms with E-state index in [0.29, 0.717) is 18.4 Å². The standard InChI is InChI=1S/C17H23N5O2S/c1-11-6-16-15(7-14(11)13-2-3-13)17(20-10-19-16)22-8-12(9-22)4-5-21-25(18,23)24/h6-7,10,12-13,21H,2-5,8-9H2,1H3,(H2,18,23,24). The molecule has 25 heavy (non-hydrogen) atoms. The number of nitrogens with zero attached hydrogens (tertiary/aromatic N) is 3. The van der Waals surface area contributed by atoms with Crippen molar-refractivity contribution in [2.75, 3.05) is 24.5 Å². The molecule has 0 amide bonds. The molecule has 1 aliphatic carbocycles. The number of hydrogen-bond acceptors (Lipinski definition) is 5. The minimum atomic E-state index is -3.59. The van der Waals surface area contributed by atoms with Gasteiger partial charge in [0.25, 0.3) is 10.2 Å². The molecule has 0 unspecified atom stereocenters. The summed E-state index contributed by atoms with van der Waals surface area (Å²) >= 11 is 0. The maximum absolute atomic E-state index is 10.9. The highest BCUT2D eigenvalue weighted by Gasteiger charge is 2.30. The Morgan fingerprint density at radius 3 is 2.72 bits per heavy atom. The second-order valence-corrected chi connectivity index (χ2v) is 8.58. The van der Waals surface area contributed by atoms with Gasteiger partial charge < -0.3 is 4.90 Å². The number of aryl methyl sites for hydroxylation is 1. The molecule has 2 aliphatic rings.